The van der Waals surface area contributed by atoms with Gasteiger partial charge in [0.05, 0.1) is 11.9 Å². The van der Waals surface area contributed by atoms with Crippen LogP contribution in [0.5, 0.6) is 0 Å². The van der Waals surface area contributed by atoms with E-state index in [-0.39, 0.29) is 12.5 Å². The molecule has 27 heavy (non-hydrogen) atoms. The zero-order valence-corrected chi connectivity index (χ0v) is 14.5. The molecule has 8 heteroatoms. The van der Waals surface area contributed by atoms with Crippen LogP contribution in [0.3, 0.4) is 0 Å². The first-order chi connectivity index (χ1) is 13.2. The first kappa shape index (κ1) is 16.6. The first-order valence-corrected chi connectivity index (χ1v) is 8.30. The number of hydrogen-bond donors (Lipinski definition) is 1. The molecule has 0 spiro atoms. The Morgan fingerprint density at radius 3 is 3.00 bits per heavy atom. The van der Waals surface area contributed by atoms with Gasteiger partial charge in [-0.15, -0.1) is 0 Å². The third-order valence-electron chi connectivity index (χ3n) is 3.82. The predicted molar refractivity (Wildman–Crippen MR) is 98.6 cm³/mol. The summed E-state index contributed by atoms with van der Waals surface area (Å²) in [7, 11) is 0. The number of nitrogens with zero attached hydrogens (tertiary/aromatic N) is 5. The van der Waals surface area contributed by atoms with Crippen LogP contribution in [-0.4, -0.2) is 30.6 Å². The second-order valence-corrected chi connectivity index (χ2v) is 6.01. The molecule has 1 N–H and O–H groups in total. The summed E-state index contributed by atoms with van der Waals surface area (Å²) in [6.45, 7) is 2.11. The van der Waals surface area contributed by atoms with Crippen LogP contribution in [0.15, 0.2) is 65.8 Å². The summed E-state index contributed by atoms with van der Waals surface area (Å²) < 4.78 is 6.92. The molecule has 4 rings (SSSR count). The Balaban J connectivity index is 1.44. The van der Waals surface area contributed by atoms with Crippen molar-refractivity contribution in [3.05, 3.63) is 66.9 Å². The van der Waals surface area contributed by atoms with Crippen LogP contribution < -0.4 is 5.32 Å². The molecule has 0 saturated carbocycles. The van der Waals surface area contributed by atoms with Crippen LogP contribution in [0.1, 0.15) is 5.56 Å². The fourth-order valence-electron chi connectivity index (χ4n) is 2.59. The average Bonchev–Trinajstić information content (AvgIpc) is 3.32. The van der Waals surface area contributed by atoms with Gasteiger partial charge >= 0.3 is 0 Å². The SMILES string of the molecule is Cc1cccc(NC(=O)Cn2cnc(-c3noc(-c4cccnc4)n3)c2)c1. The van der Waals surface area contributed by atoms with Gasteiger partial charge in [-0.1, -0.05) is 17.3 Å². The summed E-state index contributed by atoms with van der Waals surface area (Å²) in [6.07, 6.45) is 6.58. The van der Waals surface area contributed by atoms with E-state index < -0.39 is 0 Å². The van der Waals surface area contributed by atoms with Gasteiger partial charge in [-0.25, -0.2) is 4.98 Å². The quantitative estimate of drug-likeness (QED) is 0.587. The maximum atomic E-state index is 12.2. The molecule has 0 atom stereocenters. The third kappa shape index (κ3) is 3.90. The molecule has 0 bridgehead atoms. The van der Waals surface area contributed by atoms with Gasteiger partial charge in [0.2, 0.25) is 11.7 Å². The highest BCUT2D eigenvalue weighted by Crippen LogP contribution is 2.20. The molecule has 1 aromatic carbocycles. The first-order valence-electron chi connectivity index (χ1n) is 8.30. The lowest BCUT2D eigenvalue weighted by molar-refractivity contribution is -0.116. The molecule has 0 aliphatic rings. The number of pyridine rings is 1. The van der Waals surface area contributed by atoms with Crippen molar-refractivity contribution in [2.75, 3.05) is 5.32 Å². The summed E-state index contributed by atoms with van der Waals surface area (Å²) in [4.78, 5) is 24.8. The molecular formula is C19H16N6O2. The van der Waals surface area contributed by atoms with Gasteiger partial charge in [-0.2, -0.15) is 4.98 Å². The van der Waals surface area contributed by atoms with Crippen molar-refractivity contribution in [1.29, 1.82) is 0 Å². The van der Waals surface area contributed by atoms with Crippen molar-refractivity contribution in [2.45, 2.75) is 13.5 Å². The Morgan fingerprint density at radius 2 is 2.19 bits per heavy atom. The summed E-state index contributed by atoms with van der Waals surface area (Å²) >= 11 is 0. The molecule has 3 aromatic heterocycles. The molecule has 4 aromatic rings. The number of rotatable bonds is 5. The summed E-state index contributed by atoms with van der Waals surface area (Å²) in [5.41, 5.74) is 3.10. The zero-order chi connectivity index (χ0) is 18.6. The van der Waals surface area contributed by atoms with E-state index in [0.29, 0.717) is 17.4 Å². The van der Waals surface area contributed by atoms with Gasteiger partial charge in [0.1, 0.15) is 12.2 Å². The van der Waals surface area contributed by atoms with E-state index >= 15 is 0 Å². The number of amides is 1. The third-order valence-corrected chi connectivity index (χ3v) is 3.82. The van der Waals surface area contributed by atoms with Gasteiger partial charge < -0.3 is 14.4 Å². The fraction of sp³-hybridized carbons (Fsp3) is 0.105. The molecule has 134 valence electrons. The van der Waals surface area contributed by atoms with E-state index in [1.807, 2.05) is 37.3 Å². The van der Waals surface area contributed by atoms with Crippen LogP contribution in [-0.2, 0) is 11.3 Å². The Kier molecular flexibility index (Phi) is 4.44. The van der Waals surface area contributed by atoms with E-state index in [2.05, 4.69) is 25.4 Å². The summed E-state index contributed by atoms with van der Waals surface area (Å²) in [5, 5.41) is 6.80. The fourth-order valence-corrected chi connectivity index (χ4v) is 2.59. The molecule has 1 amide bonds. The largest absolute Gasteiger partial charge is 0.333 e. The van der Waals surface area contributed by atoms with Crippen LogP contribution in [0.4, 0.5) is 5.69 Å². The maximum Gasteiger partial charge on any atom is 0.259 e. The number of aromatic nitrogens is 5. The minimum absolute atomic E-state index is 0.133. The zero-order valence-electron chi connectivity index (χ0n) is 14.5. The number of aryl methyl sites for hydroxylation is 1. The van der Waals surface area contributed by atoms with Crippen molar-refractivity contribution >= 4 is 11.6 Å². The van der Waals surface area contributed by atoms with Gasteiger partial charge in [0.15, 0.2) is 0 Å². The minimum atomic E-state index is -0.145. The highest BCUT2D eigenvalue weighted by molar-refractivity contribution is 5.90. The lowest BCUT2D eigenvalue weighted by Crippen LogP contribution is -2.17. The Morgan fingerprint density at radius 1 is 1.26 bits per heavy atom. The molecule has 0 saturated heterocycles. The normalized spacial score (nSPS) is 10.7. The molecule has 0 fully saturated rings. The molecular weight excluding hydrogens is 344 g/mol. The number of benzene rings is 1. The highest BCUT2D eigenvalue weighted by Gasteiger charge is 2.13. The van der Waals surface area contributed by atoms with Crippen molar-refractivity contribution in [1.82, 2.24) is 24.7 Å². The van der Waals surface area contributed by atoms with E-state index in [0.717, 1.165) is 16.8 Å². The van der Waals surface area contributed by atoms with E-state index in [1.165, 1.54) is 0 Å². The van der Waals surface area contributed by atoms with E-state index in [4.69, 9.17) is 4.52 Å². The second-order valence-electron chi connectivity index (χ2n) is 6.01. The van der Waals surface area contributed by atoms with Crippen LogP contribution in [0.2, 0.25) is 0 Å². The van der Waals surface area contributed by atoms with Gasteiger partial charge in [0.25, 0.3) is 5.89 Å². The standard InChI is InChI=1S/C19H16N6O2/c1-13-4-2-6-15(8-13)22-17(26)11-25-10-16(21-12-25)18-23-19(27-24-18)14-5-3-7-20-9-14/h2-10,12H,11H2,1H3,(H,22,26). The molecule has 0 radical (unpaired) electrons. The highest BCUT2D eigenvalue weighted by atomic mass is 16.5. The van der Waals surface area contributed by atoms with E-state index in [9.17, 15) is 4.79 Å². The van der Waals surface area contributed by atoms with Crippen molar-refractivity contribution in [3.63, 3.8) is 0 Å². The molecule has 8 nitrogen and oxygen atoms in total. The summed E-state index contributed by atoms with van der Waals surface area (Å²) in [6, 6.07) is 11.3. The number of carbonyl (C=O) groups excluding carboxylic acids is 1. The topological polar surface area (TPSA) is 98.7 Å². The van der Waals surface area contributed by atoms with Gasteiger partial charge in [0, 0.05) is 24.3 Å². The van der Waals surface area contributed by atoms with E-state index in [1.54, 1.807) is 35.6 Å². The van der Waals surface area contributed by atoms with Crippen LogP contribution >= 0.6 is 0 Å². The monoisotopic (exact) mass is 360 g/mol. The van der Waals surface area contributed by atoms with Gasteiger partial charge in [-0.05, 0) is 36.8 Å². The number of hydrogen-bond acceptors (Lipinski definition) is 6. The van der Waals surface area contributed by atoms with Crippen molar-refractivity contribution in [2.24, 2.45) is 0 Å². The number of imidazole rings is 1. The number of carbonyl (C=O) groups is 1. The van der Waals surface area contributed by atoms with Crippen LogP contribution in [0, 0.1) is 6.92 Å². The Hall–Kier alpha value is -3.81. The predicted octanol–water partition coefficient (Wildman–Crippen LogP) is 2.94. The lowest BCUT2D eigenvalue weighted by atomic mass is 10.2. The smallest absolute Gasteiger partial charge is 0.259 e. The van der Waals surface area contributed by atoms with Crippen LogP contribution in [0.25, 0.3) is 23.0 Å². The molecule has 0 aliphatic heterocycles. The molecule has 3 heterocycles. The minimum Gasteiger partial charge on any atom is -0.333 e. The average molecular weight is 360 g/mol. The van der Waals surface area contributed by atoms with Crippen molar-refractivity contribution < 1.29 is 9.32 Å². The Bertz CT molecular complexity index is 1070. The molecule has 0 aliphatic carbocycles. The molecule has 0 unspecified atom stereocenters. The maximum absolute atomic E-state index is 12.2. The number of anilines is 1. The second kappa shape index (κ2) is 7.20. The van der Waals surface area contributed by atoms with Gasteiger partial charge in [-0.3, -0.25) is 9.78 Å². The lowest BCUT2D eigenvalue weighted by Gasteiger charge is -2.06. The summed E-state index contributed by atoms with van der Waals surface area (Å²) in [5.74, 6) is 0.574. The number of nitrogens with one attached hydrogen (secondary N) is 1. The Labute approximate surface area is 154 Å². The van der Waals surface area contributed by atoms with Crippen molar-refractivity contribution in [3.8, 4) is 23.0 Å².